The van der Waals surface area contributed by atoms with Gasteiger partial charge < -0.3 is 0 Å². The molecule has 0 aliphatic heterocycles. The molecule has 0 aromatic heterocycles. The molecule has 0 rings (SSSR count). The normalized spacial score (nSPS) is 12.8. The topological polar surface area (TPSA) is 4.44 Å². The van der Waals surface area contributed by atoms with E-state index in [-0.39, 0.29) is 12.0 Å². The van der Waals surface area contributed by atoms with Crippen LogP contribution in [0.2, 0.25) is 0 Å². The molecule has 1 N–H and O–H groups in total. The van der Waals surface area contributed by atoms with Gasteiger partial charge in [-0.05, 0) is 0 Å². The minimum Gasteiger partial charge on any atom is -0.0545 e. The van der Waals surface area contributed by atoms with Crippen molar-refractivity contribution in [2.45, 2.75) is 20.8 Å². The molecule has 0 radical (unpaired) electrons. The van der Waals surface area contributed by atoms with Gasteiger partial charge in [0.1, 0.15) is 0 Å². The van der Waals surface area contributed by atoms with Gasteiger partial charge in [0.2, 0.25) is 0 Å². The predicted octanol–water partition coefficient (Wildman–Crippen LogP) is 0.686. The molecule has 8 heavy (non-hydrogen) atoms. The first-order valence-electron chi connectivity index (χ1n) is 2.59. The van der Waals surface area contributed by atoms with Crippen LogP contribution in [0, 0.1) is 5.41 Å². The van der Waals surface area contributed by atoms with Crippen molar-refractivity contribution in [3.63, 3.8) is 0 Å². The minimum absolute atomic E-state index is 0.0903. The lowest BCUT2D eigenvalue weighted by atomic mass is 9.98. The monoisotopic (exact) mass is 124 g/mol. The van der Waals surface area contributed by atoms with E-state index in [1.165, 1.54) is 0 Å². The van der Waals surface area contributed by atoms with E-state index < -0.39 is 5.34 Å². The van der Waals surface area contributed by atoms with E-state index in [0.29, 0.717) is 0 Å². The number of quaternary nitrogens is 1. The molecule has 50 valence electrons. The molecule has 0 aromatic rings. The largest absolute Gasteiger partial charge is 0.158 e. The molecule has 0 spiro atoms. The van der Waals surface area contributed by atoms with E-state index in [0.717, 1.165) is 0 Å². The second kappa shape index (κ2) is 2.40. The lowest BCUT2D eigenvalue weighted by Gasteiger charge is -2.12. The van der Waals surface area contributed by atoms with Gasteiger partial charge in [-0.3, -0.25) is 0 Å². The third-order valence-electron chi connectivity index (χ3n) is 0.664. The van der Waals surface area contributed by atoms with Gasteiger partial charge in [-0.1, -0.05) is 20.8 Å². The van der Waals surface area contributed by atoms with Crippen molar-refractivity contribution in [2.24, 2.45) is 5.41 Å². The molecular weight excluding hydrogens is 112 g/mol. The predicted molar refractivity (Wildman–Crippen MR) is 27.5 cm³/mol. The average molecular weight is 124 g/mol. The zero-order chi connectivity index (χ0) is 6.78. The summed E-state index contributed by atoms with van der Waals surface area (Å²) in [6.07, 6.45) is 0. The quantitative estimate of drug-likeness (QED) is 0.490. The molecule has 0 bridgehead atoms. The Hall–Kier alpha value is -0.180. The number of halogens is 2. The number of hydrogen-bond donors (Lipinski definition) is 1. The number of nitrogens with one attached hydrogen (secondary N) is 1. The summed E-state index contributed by atoms with van der Waals surface area (Å²) >= 11 is 0. The third-order valence-corrected chi connectivity index (χ3v) is 0.664. The smallest absolute Gasteiger partial charge is 0.0545 e. The molecule has 0 unspecified atom stereocenters. The average Bonchev–Trinajstić information content (AvgIpc) is 1.21. The first kappa shape index (κ1) is 7.82. The van der Waals surface area contributed by atoms with E-state index >= 15 is 0 Å². The standard InChI is InChI=1S/C5H11F2N/c1-5(2,3)4-8(6)7/h4H2,1-3H3/p+1. The Morgan fingerprint density at radius 2 is 1.62 bits per heavy atom. The van der Waals surface area contributed by atoms with Crippen LogP contribution in [-0.4, -0.2) is 6.54 Å². The van der Waals surface area contributed by atoms with Gasteiger partial charge >= 0.3 is 0 Å². The summed E-state index contributed by atoms with van der Waals surface area (Å²) in [5.41, 5.74) is -0.265. The second-order valence-electron chi connectivity index (χ2n) is 3.08. The molecular formula is C5H12F2N+. The van der Waals surface area contributed by atoms with Crippen molar-refractivity contribution in [1.29, 1.82) is 0 Å². The molecule has 1 nitrogen and oxygen atoms in total. The Labute approximate surface area is 48.2 Å². The zero-order valence-corrected chi connectivity index (χ0v) is 5.46. The van der Waals surface area contributed by atoms with Crippen LogP contribution in [0.1, 0.15) is 20.8 Å². The van der Waals surface area contributed by atoms with E-state index in [2.05, 4.69) is 0 Å². The van der Waals surface area contributed by atoms with E-state index in [4.69, 9.17) is 0 Å². The zero-order valence-electron chi connectivity index (χ0n) is 5.46. The molecule has 0 aromatic carbocycles. The Kier molecular flexibility index (Phi) is 2.34. The summed E-state index contributed by atoms with van der Waals surface area (Å²) in [4.78, 5) is 0. The highest BCUT2D eigenvalue weighted by molar-refractivity contribution is 4.55. The summed E-state index contributed by atoms with van der Waals surface area (Å²) in [6.45, 7) is 5.26. The molecule has 0 saturated carbocycles. The lowest BCUT2D eigenvalue weighted by Crippen LogP contribution is -2.98. The summed E-state index contributed by atoms with van der Waals surface area (Å²) < 4.78 is 22.9. The van der Waals surface area contributed by atoms with Crippen LogP contribution < -0.4 is 5.34 Å². The van der Waals surface area contributed by atoms with Crippen molar-refractivity contribution >= 4 is 0 Å². The van der Waals surface area contributed by atoms with Crippen molar-refractivity contribution in [3.8, 4) is 0 Å². The van der Waals surface area contributed by atoms with Gasteiger partial charge in [0.15, 0.2) is 6.54 Å². The summed E-state index contributed by atoms with van der Waals surface area (Å²) in [5, 5.41) is -1.47. The van der Waals surface area contributed by atoms with Crippen molar-refractivity contribution in [3.05, 3.63) is 0 Å². The van der Waals surface area contributed by atoms with E-state index in [9.17, 15) is 8.96 Å². The maximum Gasteiger partial charge on any atom is 0.158 e. The highest BCUT2D eigenvalue weighted by atomic mass is 19.4. The van der Waals surface area contributed by atoms with Crippen LogP contribution >= 0.6 is 0 Å². The molecule has 0 aliphatic rings. The van der Waals surface area contributed by atoms with Crippen molar-refractivity contribution in [2.75, 3.05) is 6.54 Å². The van der Waals surface area contributed by atoms with Crippen LogP contribution in [-0.2, 0) is 0 Å². The first-order valence-corrected chi connectivity index (χ1v) is 2.59. The fourth-order valence-corrected chi connectivity index (χ4v) is 0.401. The van der Waals surface area contributed by atoms with E-state index in [1.54, 1.807) is 20.8 Å². The number of rotatable bonds is 1. The molecule has 0 aliphatic carbocycles. The highest BCUT2D eigenvalue weighted by Gasteiger charge is 2.19. The number of hydrogen-bond acceptors (Lipinski definition) is 0. The highest BCUT2D eigenvalue weighted by Crippen LogP contribution is 2.08. The van der Waals surface area contributed by atoms with Gasteiger partial charge in [0.05, 0.1) is 0 Å². The molecule has 0 amide bonds. The molecule has 0 heterocycles. The summed E-state index contributed by atoms with van der Waals surface area (Å²) in [5.74, 6) is 0. The molecule has 0 saturated heterocycles. The molecule has 0 atom stereocenters. The van der Waals surface area contributed by atoms with Gasteiger partial charge in [-0.2, -0.15) is 0 Å². The fourth-order valence-electron chi connectivity index (χ4n) is 0.401. The van der Waals surface area contributed by atoms with Crippen molar-refractivity contribution in [1.82, 2.24) is 0 Å². The van der Waals surface area contributed by atoms with Crippen molar-refractivity contribution < 1.29 is 14.3 Å². The maximum atomic E-state index is 11.4. The molecule has 0 fully saturated rings. The second-order valence-corrected chi connectivity index (χ2v) is 3.08. The fraction of sp³-hybridized carbons (Fsp3) is 1.00. The van der Waals surface area contributed by atoms with Crippen LogP contribution in [0.15, 0.2) is 0 Å². The Morgan fingerprint density at radius 1 is 1.25 bits per heavy atom. The maximum absolute atomic E-state index is 11.4. The Balaban J connectivity index is 3.39. The van der Waals surface area contributed by atoms with Crippen LogP contribution in [0.3, 0.4) is 0 Å². The van der Waals surface area contributed by atoms with E-state index in [1.807, 2.05) is 0 Å². The van der Waals surface area contributed by atoms with Crippen LogP contribution in [0.4, 0.5) is 8.96 Å². The van der Waals surface area contributed by atoms with Gasteiger partial charge in [0.25, 0.3) is 0 Å². The van der Waals surface area contributed by atoms with Gasteiger partial charge in [-0.25, -0.2) is 0 Å². The van der Waals surface area contributed by atoms with Gasteiger partial charge in [-0.15, -0.1) is 0 Å². The summed E-state index contributed by atoms with van der Waals surface area (Å²) in [6, 6.07) is 0. The summed E-state index contributed by atoms with van der Waals surface area (Å²) in [7, 11) is 0. The Bertz CT molecular complexity index is 65.3. The Morgan fingerprint density at radius 3 is 1.62 bits per heavy atom. The van der Waals surface area contributed by atoms with Crippen LogP contribution in [0.25, 0.3) is 0 Å². The minimum atomic E-state index is -1.47. The lowest BCUT2D eigenvalue weighted by molar-refractivity contribution is -1.16. The van der Waals surface area contributed by atoms with Gasteiger partial charge in [0, 0.05) is 19.7 Å². The van der Waals surface area contributed by atoms with Crippen LogP contribution in [0.5, 0.6) is 0 Å². The first-order chi connectivity index (χ1) is 3.42. The SMILES string of the molecule is CC(C)(C)C[NH+](F)F. The third kappa shape index (κ3) is 5.82. The molecule has 3 heteroatoms.